The highest BCUT2D eigenvalue weighted by molar-refractivity contribution is 7.16. The number of ether oxygens (including phenoxy) is 1. The summed E-state index contributed by atoms with van der Waals surface area (Å²) in [6, 6.07) is 6.03. The average molecular weight is 290 g/mol. The van der Waals surface area contributed by atoms with Gasteiger partial charge >= 0.3 is 0 Å². The Balaban J connectivity index is 2.18. The number of thiophene rings is 2. The molecule has 3 aromatic rings. The molecule has 0 amide bonds. The summed E-state index contributed by atoms with van der Waals surface area (Å²) >= 11 is 3.25. The van der Waals surface area contributed by atoms with Crippen molar-refractivity contribution >= 4 is 33.0 Å². The van der Waals surface area contributed by atoms with Crippen molar-refractivity contribution in [3.8, 4) is 16.5 Å². The Morgan fingerprint density at radius 2 is 1.89 bits per heavy atom. The van der Waals surface area contributed by atoms with E-state index in [-0.39, 0.29) is 5.60 Å². The lowest BCUT2D eigenvalue weighted by Crippen LogP contribution is -2.24. The zero-order valence-electron chi connectivity index (χ0n) is 11.0. The van der Waals surface area contributed by atoms with Gasteiger partial charge in [-0.3, -0.25) is 0 Å². The zero-order valence-corrected chi connectivity index (χ0v) is 12.6. The van der Waals surface area contributed by atoms with E-state index in [2.05, 4.69) is 4.98 Å². The third-order valence-corrected chi connectivity index (χ3v) is 4.09. The second-order valence-corrected chi connectivity index (χ2v) is 7.02. The highest BCUT2D eigenvalue weighted by atomic mass is 32.1. The molecule has 0 spiro atoms. The molecule has 0 saturated heterocycles. The Labute approximate surface area is 119 Å². The van der Waals surface area contributed by atoms with Crippen molar-refractivity contribution in [3.05, 3.63) is 29.0 Å². The number of aromatic nitrogens is 2. The van der Waals surface area contributed by atoms with Crippen molar-refractivity contribution in [1.82, 2.24) is 9.97 Å². The first-order chi connectivity index (χ1) is 9.03. The molecule has 5 heteroatoms. The zero-order chi connectivity index (χ0) is 13.5. The summed E-state index contributed by atoms with van der Waals surface area (Å²) in [6.07, 6.45) is 0. The summed E-state index contributed by atoms with van der Waals surface area (Å²) in [5.74, 6) is 0.612. The van der Waals surface area contributed by atoms with Gasteiger partial charge in [-0.15, -0.1) is 22.7 Å². The van der Waals surface area contributed by atoms with Crippen molar-refractivity contribution in [1.29, 1.82) is 0 Å². The van der Waals surface area contributed by atoms with Crippen molar-refractivity contribution < 1.29 is 4.74 Å². The lowest BCUT2D eigenvalue weighted by atomic mass is 10.2. The molecule has 0 aliphatic rings. The minimum atomic E-state index is -0.287. The molecular weight excluding hydrogens is 276 g/mol. The maximum Gasteiger partial charge on any atom is 0.242 e. The predicted octanol–water partition coefficient (Wildman–Crippen LogP) is 4.60. The van der Waals surface area contributed by atoms with Crippen LogP contribution in [0.1, 0.15) is 20.8 Å². The van der Waals surface area contributed by atoms with E-state index in [9.17, 15) is 0 Å². The molecule has 0 N–H and O–H groups in total. The van der Waals surface area contributed by atoms with Gasteiger partial charge in [0.05, 0.1) is 4.88 Å². The number of nitrogens with zero attached hydrogens (tertiary/aromatic N) is 2. The molecule has 3 rings (SSSR count). The van der Waals surface area contributed by atoms with Gasteiger partial charge in [0.25, 0.3) is 0 Å². The van der Waals surface area contributed by atoms with Gasteiger partial charge in [-0.05, 0) is 43.7 Å². The molecule has 0 aliphatic heterocycles. The van der Waals surface area contributed by atoms with Gasteiger partial charge < -0.3 is 4.74 Å². The summed E-state index contributed by atoms with van der Waals surface area (Å²) in [5.41, 5.74) is 1.44. The van der Waals surface area contributed by atoms with E-state index in [1.165, 1.54) is 0 Å². The van der Waals surface area contributed by atoms with Crippen LogP contribution in [0.15, 0.2) is 29.0 Å². The van der Waals surface area contributed by atoms with E-state index in [0.29, 0.717) is 5.88 Å². The van der Waals surface area contributed by atoms with Crippen molar-refractivity contribution in [2.75, 3.05) is 0 Å². The SMILES string of the molecule is CC(C)(C)Oc1nc2ccsc2nc1-c1cccs1. The Bertz CT molecular complexity index is 696. The number of rotatable bonds is 2. The maximum absolute atomic E-state index is 5.97. The fraction of sp³-hybridized carbons (Fsp3) is 0.286. The van der Waals surface area contributed by atoms with Gasteiger partial charge in [0.1, 0.15) is 21.6 Å². The molecule has 3 aromatic heterocycles. The number of fused-ring (bicyclic) bond motifs is 1. The van der Waals surface area contributed by atoms with Crippen LogP contribution in [0.4, 0.5) is 0 Å². The van der Waals surface area contributed by atoms with Crippen molar-refractivity contribution in [2.45, 2.75) is 26.4 Å². The van der Waals surface area contributed by atoms with Gasteiger partial charge in [0, 0.05) is 0 Å². The van der Waals surface area contributed by atoms with Crippen molar-refractivity contribution in [3.63, 3.8) is 0 Å². The molecule has 0 aliphatic carbocycles. The minimum Gasteiger partial charge on any atom is -0.470 e. The lowest BCUT2D eigenvalue weighted by Gasteiger charge is -2.21. The molecule has 19 heavy (non-hydrogen) atoms. The van der Waals surface area contributed by atoms with E-state index < -0.39 is 0 Å². The third kappa shape index (κ3) is 2.62. The van der Waals surface area contributed by atoms with E-state index >= 15 is 0 Å². The quantitative estimate of drug-likeness (QED) is 0.692. The molecule has 3 heterocycles. The highest BCUT2D eigenvalue weighted by Crippen LogP contribution is 2.34. The first kappa shape index (κ1) is 12.6. The van der Waals surface area contributed by atoms with Gasteiger partial charge in [0.2, 0.25) is 5.88 Å². The summed E-state index contributed by atoms with van der Waals surface area (Å²) in [7, 11) is 0. The second-order valence-electron chi connectivity index (χ2n) is 5.18. The van der Waals surface area contributed by atoms with Crippen LogP contribution >= 0.6 is 22.7 Å². The van der Waals surface area contributed by atoms with Gasteiger partial charge in [-0.2, -0.15) is 0 Å². The third-order valence-electron chi connectivity index (χ3n) is 2.42. The first-order valence-electron chi connectivity index (χ1n) is 6.01. The lowest BCUT2D eigenvalue weighted by molar-refractivity contribution is 0.125. The summed E-state index contributed by atoms with van der Waals surface area (Å²) < 4.78 is 5.97. The molecule has 0 saturated carbocycles. The molecule has 98 valence electrons. The molecule has 0 aromatic carbocycles. The van der Waals surface area contributed by atoms with Crippen LogP contribution in [0.5, 0.6) is 5.88 Å². The molecule has 0 unspecified atom stereocenters. The minimum absolute atomic E-state index is 0.287. The fourth-order valence-electron chi connectivity index (χ4n) is 1.71. The summed E-state index contributed by atoms with van der Waals surface area (Å²) in [6.45, 7) is 6.06. The topological polar surface area (TPSA) is 35.0 Å². The molecule has 0 atom stereocenters. The van der Waals surface area contributed by atoms with E-state index in [1.807, 2.05) is 49.7 Å². The molecule has 3 nitrogen and oxygen atoms in total. The predicted molar refractivity (Wildman–Crippen MR) is 81.1 cm³/mol. The van der Waals surface area contributed by atoms with Crippen molar-refractivity contribution in [2.24, 2.45) is 0 Å². The fourth-order valence-corrected chi connectivity index (χ4v) is 3.12. The van der Waals surface area contributed by atoms with Gasteiger partial charge in [-0.1, -0.05) is 6.07 Å². The Kier molecular flexibility index (Phi) is 3.03. The molecule has 0 radical (unpaired) electrons. The monoisotopic (exact) mass is 290 g/mol. The van der Waals surface area contributed by atoms with Crippen LogP contribution in [0.3, 0.4) is 0 Å². The van der Waals surface area contributed by atoms with Crippen LogP contribution < -0.4 is 4.74 Å². The molecule has 0 fully saturated rings. The van der Waals surface area contributed by atoms with Crippen LogP contribution in [-0.4, -0.2) is 15.6 Å². The second kappa shape index (κ2) is 4.58. The standard InChI is InChI=1S/C14H14N2OS2/c1-14(2,3)17-12-11(10-5-4-7-18-10)16-13-9(15-12)6-8-19-13/h4-8H,1-3H3. The number of hydrogen-bond acceptors (Lipinski definition) is 5. The van der Waals surface area contributed by atoms with Crippen LogP contribution in [0, 0.1) is 0 Å². The largest absolute Gasteiger partial charge is 0.470 e. The van der Waals surface area contributed by atoms with E-state index in [1.54, 1.807) is 22.7 Å². The molecular formula is C14H14N2OS2. The van der Waals surface area contributed by atoms with Gasteiger partial charge in [0.15, 0.2) is 0 Å². The van der Waals surface area contributed by atoms with E-state index in [0.717, 1.165) is 20.9 Å². The number of hydrogen-bond donors (Lipinski definition) is 0. The van der Waals surface area contributed by atoms with E-state index in [4.69, 9.17) is 9.72 Å². The normalized spacial score (nSPS) is 11.9. The maximum atomic E-state index is 5.97. The smallest absolute Gasteiger partial charge is 0.242 e. The highest BCUT2D eigenvalue weighted by Gasteiger charge is 2.19. The first-order valence-corrected chi connectivity index (χ1v) is 7.77. The Morgan fingerprint density at radius 3 is 2.58 bits per heavy atom. The Hall–Kier alpha value is -1.46. The van der Waals surface area contributed by atoms with Crippen LogP contribution in [0.25, 0.3) is 20.9 Å². The average Bonchev–Trinajstić information content (AvgIpc) is 2.95. The van der Waals surface area contributed by atoms with Gasteiger partial charge in [-0.25, -0.2) is 9.97 Å². The molecule has 0 bridgehead atoms. The van der Waals surface area contributed by atoms with Crippen LogP contribution in [0.2, 0.25) is 0 Å². The summed E-state index contributed by atoms with van der Waals surface area (Å²) in [5, 5.41) is 4.04. The Morgan fingerprint density at radius 1 is 1.05 bits per heavy atom. The summed E-state index contributed by atoms with van der Waals surface area (Å²) in [4.78, 5) is 11.3. The van der Waals surface area contributed by atoms with Crippen LogP contribution in [-0.2, 0) is 0 Å².